The molecule has 0 heterocycles. The van der Waals surface area contributed by atoms with Crippen LogP contribution in [0.2, 0.25) is 0 Å². The van der Waals surface area contributed by atoms with Crippen LogP contribution in [0.15, 0.2) is 40.9 Å². The van der Waals surface area contributed by atoms with Crippen LogP contribution in [0, 0.1) is 17.1 Å². The lowest BCUT2D eigenvalue weighted by atomic mass is 10.0. The van der Waals surface area contributed by atoms with Gasteiger partial charge in [0.2, 0.25) is 0 Å². The Morgan fingerprint density at radius 2 is 1.80 bits per heavy atom. The topological polar surface area (TPSA) is 33.0 Å². The number of hydrogen-bond acceptors (Lipinski definition) is 2. The van der Waals surface area contributed by atoms with Gasteiger partial charge in [0.1, 0.15) is 11.8 Å². The highest BCUT2D eigenvalue weighted by Gasteiger charge is 2.13. The molecule has 0 aliphatic heterocycles. The SMILES string of the molecule is CC(C)c1ccc(Oc2ccc(C#N)c(Br)c2F)cc1. The first-order chi connectivity index (χ1) is 9.52. The summed E-state index contributed by atoms with van der Waals surface area (Å²) in [5, 5.41) is 8.82. The van der Waals surface area contributed by atoms with Crippen LogP contribution in [-0.2, 0) is 0 Å². The zero-order chi connectivity index (χ0) is 14.7. The van der Waals surface area contributed by atoms with Crippen LogP contribution in [0.3, 0.4) is 0 Å². The van der Waals surface area contributed by atoms with E-state index >= 15 is 0 Å². The Bertz CT molecular complexity index is 659. The monoisotopic (exact) mass is 333 g/mol. The third-order valence-corrected chi connectivity index (χ3v) is 3.72. The van der Waals surface area contributed by atoms with E-state index in [1.807, 2.05) is 18.2 Å². The molecule has 0 aromatic heterocycles. The van der Waals surface area contributed by atoms with E-state index in [9.17, 15) is 4.39 Å². The van der Waals surface area contributed by atoms with Crippen LogP contribution in [-0.4, -0.2) is 0 Å². The molecule has 2 aromatic rings. The Labute approximate surface area is 125 Å². The van der Waals surface area contributed by atoms with Gasteiger partial charge in [0.15, 0.2) is 11.6 Å². The predicted octanol–water partition coefficient (Wildman–Crippen LogP) is 5.38. The fourth-order valence-corrected chi connectivity index (χ4v) is 2.16. The van der Waals surface area contributed by atoms with E-state index in [0.29, 0.717) is 11.7 Å². The second-order valence-corrected chi connectivity index (χ2v) is 5.47. The van der Waals surface area contributed by atoms with Crippen LogP contribution in [0.4, 0.5) is 4.39 Å². The number of ether oxygens (including phenoxy) is 1. The average molecular weight is 334 g/mol. The summed E-state index contributed by atoms with van der Waals surface area (Å²) in [6, 6.07) is 12.4. The van der Waals surface area contributed by atoms with E-state index in [-0.39, 0.29) is 15.8 Å². The molecule has 4 heteroatoms. The van der Waals surface area contributed by atoms with Crippen molar-refractivity contribution in [3.05, 3.63) is 57.8 Å². The van der Waals surface area contributed by atoms with Crippen molar-refractivity contribution < 1.29 is 9.13 Å². The highest BCUT2D eigenvalue weighted by molar-refractivity contribution is 9.10. The minimum absolute atomic E-state index is 0.0909. The molecule has 0 fully saturated rings. The summed E-state index contributed by atoms with van der Waals surface area (Å²) in [5.41, 5.74) is 1.43. The van der Waals surface area contributed by atoms with E-state index in [0.717, 1.165) is 0 Å². The first kappa shape index (κ1) is 14.5. The number of halogens is 2. The van der Waals surface area contributed by atoms with Crippen molar-refractivity contribution in [1.82, 2.24) is 0 Å². The van der Waals surface area contributed by atoms with Crippen LogP contribution >= 0.6 is 15.9 Å². The molecule has 2 rings (SSSR count). The molecular weight excluding hydrogens is 321 g/mol. The summed E-state index contributed by atoms with van der Waals surface area (Å²) in [5.74, 6) is 0.514. The van der Waals surface area contributed by atoms with Crippen molar-refractivity contribution in [3.63, 3.8) is 0 Å². The summed E-state index contributed by atoms with van der Waals surface area (Å²) in [4.78, 5) is 0. The fourth-order valence-electron chi connectivity index (χ4n) is 1.74. The van der Waals surface area contributed by atoms with Crippen LogP contribution in [0.1, 0.15) is 30.9 Å². The molecule has 2 nitrogen and oxygen atoms in total. The fraction of sp³-hybridized carbons (Fsp3) is 0.188. The Kier molecular flexibility index (Phi) is 4.41. The van der Waals surface area contributed by atoms with E-state index < -0.39 is 5.82 Å². The van der Waals surface area contributed by atoms with Gasteiger partial charge in [-0.1, -0.05) is 26.0 Å². The van der Waals surface area contributed by atoms with Gasteiger partial charge in [0, 0.05) is 0 Å². The molecule has 0 saturated heterocycles. The van der Waals surface area contributed by atoms with Gasteiger partial charge in [-0.15, -0.1) is 0 Å². The molecule has 0 unspecified atom stereocenters. The molecule has 0 saturated carbocycles. The van der Waals surface area contributed by atoms with Crippen molar-refractivity contribution >= 4 is 15.9 Å². The second kappa shape index (κ2) is 6.06. The van der Waals surface area contributed by atoms with Gasteiger partial charge in [-0.2, -0.15) is 5.26 Å². The highest BCUT2D eigenvalue weighted by atomic mass is 79.9. The molecule has 102 valence electrons. The standard InChI is InChI=1S/C16H13BrFNO/c1-10(2)11-3-6-13(7-4-11)20-14-8-5-12(9-19)15(17)16(14)18/h3-8,10H,1-2H3. The molecule has 0 N–H and O–H groups in total. The van der Waals surface area contributed by atoms with Gasteiger partial charge in [-0.3, -0.25) is 0 Å². The molecule has 0 spiro atoms. The lowest BCUT2D eigenvalue weighted by Crippen LogP contribution is -1.92. The normalized spacial score (nSPS) is 10.4. The van der Waals surface area contributed by atoms with Crippen molar-refractivity contribution in [2.24, 2.45) is 0 Å². The van der Waals surface area contributed by atoms with E-state index in [1.165, 1.54) is 17.7 Å². The molecule has 0 aliphatic rings. The Morgan fingerprint density at radius 3 is 2.35 bits per heavy atom. The molecule has 20 heavy (non-hydrogen) atoms. The van der Waals surface area contributed by atoms with Crippen LogP contribution in [0.5, 0.6) is 11.5 Å². The zero-order valence-corrected chi connectivity index (χ0v) is 12.7. The van der Waals surface area contributed by atoms with Gasteiger partial charge in [-0.25, -0.2) is 4.39 Å². The number of hydrogen-bond donors (Lipinski definition) is 0. The minimum atomic E-state index is -0.572. The maximum absolute atomic E-state index is 14.0. The summed E-state index contributed by atoms with van der Waals surface area (Å²) in [6.45, 7) is 4.21. The Hall–Kier alpha value is -1.86. The largest absolute Gasteiger partial charge is 0.454 e. The zero-order valence-electron chi connectivity index (χ0n) is 11.2. The number of benzene rings is 2. The summed E-state index contributed by atoms with van der Waals surface area (Å²) in [7, 11) is 0. The van der Waals surface area contributed by atoms with Crippen LogP contribution in [0.25, 0.3) is 0 Å². The molecule has 2 aromatic carbocycles. The van der Waals surface area contributed by atoms with Crippen molar-refractivity contribution in [3.8, 4) is 17.6 Å². The molecule has 0 radical (unpaired) electrons. The third-order valence-electron chi connectivity index (χ3n) is 2.94. The Balaban J connectivity index is 2.27. The number of nitrogens with zero attached hydrogens (tertiary/aromatic N) is 1. The van der Waals surface area contributed by atoms with E-state index in [2.05, 4.69) is 29.8 Å². The number of rotatable bonds is 3. The van der Waals surface area contributed by atoms with Crippen molar-refractivity contribution in [2.45, 2.75) is 19.8 Å². The first-order valence-corrected chi connectivity index (χ1v) is 6.98. The van der Waals surface area contributed by atoms with E-state index in [4.69, 9.17) is 10.00 Å². The van der Waals surface area contributed by atoms with Gasteiger partial charge in [0.05, 0.1) is 10.0 Å². The van der Waals surface area contributed by atoms with Crippen molar-refractivity contribution in [2.75, 3.05) is 0 Å². The average Bonchev–Trinajstić information content (AvgIpc) is 2.45. The van der Waals surface area contributed by atoms with E-state index in [1.54, 1.807) is 12.1 Å². The maximum atomic E-state index is 14.0. The smallest absolute Gasteiger partial charge is 0.181 e. The lowest BCUT2D eigenvalue weighted by Gasteiger charge is -2.10. The van der Waals surface area contributed by atoms with Gasteiger partial charge >= 0.3 is 0 Å². The quantitative estimate of drug-likeness (QED) is 0.755. The Morgan fingerprint density at radius 1 is 1.15 bits per heavy atom. The molecule has 0 bridgehead atoms. The third kappa shape index (κ3) is 3.00. The van der Waals surface area contributed by atoms with Crippen molar-refractivity contribution in [1.29, 1.82) is 5.26 Å². The number of nitriles is 1. The summed E-state index contributed by atoms with van der Waals surface area (Å²) >= 11 is 3.06. The van der Waals surface area contributed by atoms with Gasteiger partial charge in [-0.05, 0) is 51.7 Å². The molecule has 0 amide bonds. The second-order valence-electron chi connectivity index (χ2n) is 4.68. The minimum Gasteiger partial charge on any atom is -0.454 e. The lowest BCUT2D eigenvalue weighted by molar-refractivity contribution is 0.440. The molecule has 0 atom stereocenters. The van der Waals surface area contributed by atoms with Gasteiger partial charge in [0.25, 0.3) is 0 Å². The van der Waals surface area contributed by atoms with Gasteiger partial charge < -0.3 is 4.74 Å². The highest BCUT2D eigenvalue weighted by Crippen LogP contribution is 2.31. The molecule has 0 aliphatic carbocycles. The van der Waals surface area contributed by atoms with Crippen LogP contribution < -0.4 is 4.74 Å². The summed E-state index contributed by atoms with van der Waals surface area (Å²) < 4.78 is 19.7. The maximum Gasteiger partial charge on any atom is 0.181 e. The summed E-state index contributed by atoms with van der Waals surface area (Å²) in [6.07, 6.45) is 0. The molecular formula is C16H13BrFNO. The predicted molar refractivity (Wildman–Crippen MR) is 79.4 cm³/mol. The first-order valence-electron chi connectivity index (χ1n) is 6.19.